The summed E-state index contributed by atoms with van der Waals surface area (Å²) in [5, 5.41) is 12.9. The van der Waals surface area contributed by atoms with Gasteiger partial charge in [-0.1, -0.05) is 23.5 Å². The van der Waals surface area contributed by atoms with E-state index in [1.807, 2.05) is 39.0 Å². The first-order valence-corrected chi connectivity index (χ1v) is 7.89. The Kier molecular flexibility index (Phi) is 3.96. The van der Waals surface area contributed by atoms with E-state index in [1.165, 1.54) is 11.3 Å². The van der Waals surface area contributed by atoms with Gasteiger partial charge in [-0.2, -0.15) is 10.2 Å². The van der Waals surface area contributed by atoms with E-state index in [1.54, 1.807) is 18.6 Å². The molecule has 3 rings (SSSR count). The van der Waals surface area contributed by atoms with Crippen LogP contribution in [0.4, 0.5) is 9.93 Å². The SMILES string of the molecule is CC(C)(C)OC(=O)Nc1ncc(-c2ccc3cnncc3c2)s1. The summed E-state index contributed by atoms with van der Waals surface area (Å²) in [5.74, 6) is 0. The molecule has 2 heterocycles. The molecule has 0 atom stereocenters. The lowest BCUT2D eigenvalue weighted by atomic mass is 10.1. The van der Waals surface area contributed by atoms with Gasteiger partial charge >= 0.3 is 6.09 Å². The molecule has 118 valence electrons. The highest BCUT2D eigenvalue weighted by atomic mass is 32.1. The second-order valence-corrected chi connectivity index (χ2v) is 7.02. The van der Waals surface area contributed by atoms with E-state index in [9.17, 15) is 4.79 Å². The lowest BCUT2D eigenvalue weighted by Crippen LogP contribution is -2.27. The summed E-state index contributed by atoms with van der Waals surface area (Å²) in [6, 6.07) is 6.00. The Morgan fingerprint density at radius 2 is 1.87 bits per heavy atom. The van der Waals surface area contributed by atoms with Crippen molar-refractivity contribution < 1.29 is 9.53 Å². The summed E-state index contributed by atoms with van der Waals surface area (Å²) in [5.41, 5.74) is 0.476. The number of amides is 1. The van der Waals surface area contributed by atoms with Crippen molar-refractivity contribution in [1.82, 2.24) is 15.2 Å². The normalized spacial score (nSPS) is 11.4. The average Bonchev–Trinajstić information content (AvgIpc) is 2.93. The molecule has 1 amide bonds. The molecule has 3 aromatic rings. The maximum atomic E-state index is 11.8. The molecule has 0 unspecified atom stereocenters. The Morgan fingerprint density at radius 1 is 1.13 bits per heavy atom. The number of carbonyl (C=O) groups excluding carboxylic acids is 1. The lowest BCUT2D eigenvalue weighted by Gasteiger charge is -2.18. The number of hydrogen-bond donors (Lipinski definition) is 1. The van der Waals surface area contributed by atoms with Crippen molar-refractivity contribution in [3.63, 3.8) is 0 Å². The van der Waals surface area contributed by atoms with Crippen LogP contribution < -0.4 is 5.32 Å². The molecule has 0 saturated heterocycles. The summed E-state index contributed by atoms with van der Waals surface area (Å²) in [4.78, 5) is 16.9. The number of carbonyl (C=O) groups is 1. The monoisotopic (exact) mass is 328 g/mol. The standard InChI is InChI=1S/C16H16N4O2S/c1-16(2,3)22-15(21)20-14-17-9-13(23-14)10-4-5-11-7-18-19-8-12(11)6-10/h4-9H,1-3H3,(H,17,20,21). The van der Waals surface area contributed by atoms with Gasteiger partial charge in [0, 0.05) is 17.0 Å². The number of benzene rings is 1. The zero-order valence-corrected chi connectivity index (χ0v) is 13.8. The predicted octanol–water partition coefficient (Wildman–Crippen LogP) is 4.10. The fourth-order valence-corrected chi connectivity index (χ4v) is 2.80. The number of anilines is 1. The van der Waals surface area contributed by atoms with Gasteiger partial charge in [-0.05, 0) is 32.4 Å². The van der Waals surface area contributed by atoms with Crippen molar-refractivity contribution in [3.8, 4) is 10.4 Å². The first-order valence-electron chi connectivity index (χ1n) is 7.07. The van der Waals surface area contributed by atoms with Crippen molar-refractivity contribution in [2.24, 2.45) is 0 Å². The summed E-state index contributed by atoms with van der Waals surface area (Å²) in [6.07, 6.45) is 4.67. The Hall–Kier alpha value is -2.54. The Labute approximate surface area is 137 Å². The molecular weight excluding hydrogens is 312 g/mol. The molecule has 6 nitrogen and oxygen atoms in total. The molecular formula is C16H16N4O2S. The molecule has 0 saturated carbocycles. The number of nitrogens with one attached hydrogen (secondary N) is 1. The minimum atomic E-state index is -0.538. The van der Waals surface area contributed by atoms with E-state index in [2.05, 4.69) is 20.5 Å². The predicted molar refractivity (Wildman–Crippen MR) is 90.5 cm³/mol. The van der Waals surface area contributed by atoms with Crippen molar-refractivity contribution in [1.29, 1.82) is 0 Å². The van der Waals surface area contributed by atoms with E-state index >= 15 is 0 Å². The topological polar surface area (TPSA) is 77.0 Å². The van der Waals surface area contributed by atoms with Gasteiger partial charge in [-0.15, -0.1) is 0 Å². The van der Waals surface area contributed by atoms with E-state index in [-0.39, 0.29) is 0 Å². The van der Waals surface area contributed by atoms with Gasteiger partial charge in [-0.25, -0.2) is 9.78 Å². The van der Waals surface area contributed by atoms with E-state index in [0.717, 1.165) is 21.2 Å². The molecule has 0 bridgehead atoms. The third-order valence-corrected chi connectivity index (χ3v) is 3.91. The first kappa shape index (κ1) is 15.4. The van der Waals surface area contributed by atoms with Crippen LogP contribution in [0.3, 0.4) is 0 Å². The minimum Gasteiger partial charge on any atom is -0.444 e. The van der Waals surface area contributed by atoms with Crippen molar-refractivity contribution in [2.75, 3.05) is 5.32 Å². The summed E-state index contributed by atoms with van der Waals surface area (Å²) < 4.78 is 5.22. The van der Waals surface area contributed by atoms with E-state index < -0.39 is 11.7 Å². The number of ether oxygens (including phenoxy) is 1. The van der Waals surface area contributed by atoms with Crippen LogP contribution in [0, 0.1) is 0 Å². The van der Waals surface area contributed by atoms with Crippen LogP contribution >= 0.6 is 11.3 Å². The molecule has 0 fully saturated rings. The van der Waals surface area contributed by atoms with Crippen LogP contribution in [0.5, 0.6) is 0 Å². The smallest absolute Gasteiger partial charge is 0.413 e. The molecule has 0 aliphatic carbocycles. The van der Waals surface area contributed by atoms with Crippen molar-refractivity contribution in [2.45, 2.75) is 26.4 Å². The van der Waals surface area contributed by atoms with E-state index in [0.29, 0.717) is 5.13 Å². The molecule has 0 aliphatic heterocycles. The van der Waals surface area contributed by atoms with Gasteiger partial charge < -0.3 is 4.74 Å². The molecule has 2 aromatic heterocycles. The van der Waals surface area contributed by atoms with Gasteiger partial charge in [0.1, 0.15) is 5.60 Å². The summed E-state index contributed by atoms with van der Waals surface area (Å²) in [6.45, 7) is 5.45. The highest BCUT2D eigenvalue weighted by molar-refractivity contribution is 7.19. The molecule has 0 spiro atoms. The second-order valence-electron chi connectivity index (χ2n) is 5.99. The minimum absolute atomic E-state index is 0.502. The number of nitrogens with zero attached hydrogens (tertiary/aromatic N) is 3. The second kappa shape index (κ2) is 5.92. The number of thiazole rings is 1. The number of aromatic nitrogens is 3. The third kappa shape index (κ3) is 3.81. The average molecular weight is 328 g/mol. The van der Waals surface area contributed by atoms with Crippen LogP contribution in [-0.4, -0.2) is 26.9 Å². The number of fused-ring (bicyclic) bond motifs is 1. The van der Waals surface area contributed by atoms with Crippen LogP contribution in [0.25, 0.3) is 21.2 Å². The summed E-state index contributed by atoms with van der Waals surface area (Å²) >= 11 is 1.39. The van der Waals surface area contributed by atoms with Crippen molar-refractivity contribution >= 4 is 33.3 Å². The molecule has 0 radical (unpaired) electrons. The van der Waals surface area contributed by atoms with Crippen LogP contribution in [-0.2, 0) is 4.74 Å². The van der Waals surface area contributed by atoms with Crippen LogP contribution in [0.2, 0.25) is 0 Å². The maximum Gasteiger partial charge on any atom is 0.413 e. The molecule has 1 N–H and O–H groups in total. The van der Waals surface area contributed by atoms with Gasteiger partial charge in [-0.3, -0.25) is 5.32 Å². The zero-order chi connectivity index (χ0) is 16.4. The highest BCUT2D eigenvalue weighted by Crippen LogP contribution is 2.31. The highest BCUT2D eigenvalue weighted by Gasteiger charge is 2.17. The lowest BCUT2D eigenvalue weighted by molar-refractivity contribution is 0.0636. The van der Waals surface area contributed by atoms with Crippen LogP contribution in [0.1, 0.15) is 20.8 Å². The fraction of sp³-hybridized carbons (Fsp3) is 0.250. The quantitative estimate of drug-likeness (QED) is 0.766. The Morgan fingerprint density at radius 3 is 2.61 bits per heavy atom. The Balaban J connectivity index is 1.79. The first-order chi connectivity index (χ1) is 10.9. The van der Waals surface area contributed by atoms with E-state index in [4.69, 9.17) is 4.74 Å². The third-order valence-electron chi connectivity index (χ3n) is 2.95. The fourth-order valence-electron chi connectivity index (χ4n) is 2.00. The number of rotatable bonds is 2. The zero-order valence-electron chi connectivity index (χ0n) is 13.0. The van der Waals surface area contributed by atoms with Gasteiger partial charge in [0.05, 0.1) is 17.3 Å². The van der Waals surface area contributed by atoms with Gasteiger partial charge in [0.15, 0.2) is 5.13 Å². The molecule has 7 heteroatoms. The molecule has 23 heavy (non-hydrogen) atoms. The van der Waals surface area contributed by atoms with Gasteiger partial charge in [0.25, 0.3) is 0 Å². The largest absolute Gasteiger partial charge is 0.444 e. The molecule has 0 aliphatic rings. The summed E-state index contributed by atoms with van der Waals surface area (Å²) in [7, 11) is 0. The number of hydrogen-bond acceptors (Lipinski definition) is 6. The van der Waals surface area contributed by atoms with Gasteiger partial charge in [0.2, 0.25) is 0 Å². The Bertz CT molecular complexity index is 854. The van der Waals surface area contributed by atoms with Crippen molar-refractivity contribution in [3.05, 3.63) is 36.8 Å². The maximum absolute atomic E-state index is 11.8. The van der Waals surface area contributed by atoms with Crippen LogP contribution in [0.15, 0.2) is 36.8 Å². The molecule has 1 aromatic carbocycles.